The number of aromatic hydroxyl groups is 1. The van der Waals surface area contributed by atoms with E-state index in [9.17, 15) is 34.8 Å². The zero-order valence-corrected chi connectivity index (χ0v) is 20.5. The molecule has 0 aromatic heterocycles. The van der Waals surface area contributed by atoms with Crippen LogP contribution in [0, 0.1) is 23.7 Å². The van der Waals surface area contributed by atoms with Crippen LogP contribution in [0.4, 0.5) is 0 Å². The lowest BCUT2D eigenvalue weighted by Crippen LogP contribution is -2.65. The van der Waals surface area contributed by atoms with E-state index >= 15 is 0 Å². The maximum atomic E-state index is 13.8. The van der Waals surface area contributed by atoms with E-state index in [0.717, 1.165) is 0 Å². The highest BCUT2D eigenvalue weighted by molar-refractivity contribution is 6.24. The molecule has 0 aliphatic heterocycles. The first kappa shape index (κ1) is 25.4. The van der Waals surface area contributed by atoms with E-state index in [4.69, 9.17) is 5.73 Å². The molecule has 4 rings (SSSR count). The molecule has 4 atom stereocenters. The maximum absolute atomic E-state index is 13.8. The highest BCUT2D eigenvalue weighted by Crippen LogP contribution is 2.52. The Morgan fingerprint density at radius 1 is 1.17 bits per heavy atom. The Balaban J connectivity index is 1.93. The van der Waals surface area contributed by atoms with E-state index < -0.39 is 58.0 Å². The molecule has 3 aliphatic carbocycles. The Bertz CT molecular complexity index is 1310. The number of likely N-dealkylation sites (N-methyl/N-ethyl adjacent to an activating group) is 1. The quantitative estimate of drug-likeness (QED) is 0.284. The number of fused-ring (bicyclic) bond motifs is 3. The lowest BCUT2D eigenvalue weighted by atomic mass is 9.57. The van der Waals surface area contributed by atoms with Crippen LogP contribution in [0.3, 0.4) is 0 Å². The molecule has 0 saturated heterocycles. The van der Waals surface area contributed by atoms with E-state index in [-0.39, 0.29) is 29.7 Å². The first-order chi connectivity index (χ1) is 16.8. The summed E-state index contributed by atoms with van der Waals surface area (Å²) in [4.78, 5) is 42.3. The summed E-state index contributed by atoms with van der Waals surface area (Å²) in [5.74, 6) is -0.664. The third kappa shape index (κ3) is 3.59. The molecule has 0 radical (unpaired) electrons. The van der Waals surface area contributed by atoms with Gasteiger partial charge in [-0.25, -0.2) is 0 Å². The standard InChI is InChI=1S/C26H29N3O7/c1-28(2)9-5-6-12-7-8-16(30)18-14(12)10-13-11-15-20(29(3)4)22(32)19(25(27)35)24(34)26(15,36)23(33)17(13)21(18)31/h7-8,13,15,20,30-31,34,36H,9-11H2,1-4H3,(H2,27,35)/t13-,15-,20-,26+/m1/s1. The van der Waals surface area contributed by atoms with Gasteiger partial charge in [-0.3, -0.25) is 24.2 Å². The van der Waals surface area contributed by atoms with Crippen molar-refractivity contribution in [3.05, 3.63) is 45.7 Å². The number of Topliss-reactive ketones (excluding diaryl/α,β-unsaturated/α-hetero) is 2. The van der Waals surface area contributed by atoms with Gasteiger partial charge < -0.3 is 26.2 Å². The highest BCUT2D eigenvalue weighted by atomic mass is 16.3. The molecule has 1 aromatic rings. The van der Waals surface area contributed by atoms with Gasteiger partial charge in [0.15, 0.2) is 11.4 Å². The van der Waals surface area contributed by atoms with Crippen molar-refractivity contribution in [2.45, 2.75) is 24.5 Å². The topological polar surface area (TPSA) is 165 Å². The largest absolute Gasteiger partial charge is 0.508 e. The Kier molecular flexibility index (Phi) is 6.21. The second-order valence-corrected chi connectivity index (χ2v) is 9.99. The number of carbonyl (C=O) groups excluding carboxylic acids is 3. The summed E-state index contributed by atoms with van der Waals surface area (Å²) in [5.41, 5.74) is 2.81. The number of phenols is 1. The molecule has 1 aromatic carbocycles. The zero-order valence-electron chi connectivity index (χ0n) is 20.5. The molecule has 0 bridgehead atoms. The lowest BCUT2D eigenvalue weighted by molar-refractivity contribution is -0.153. The van der Waals surface area contributed by atoms with Gasteiger partial charge in [0, 0.05) is 17.1 Å². The van der Waals surface area contributed by atoms with Gasteiger partial charge in [0.25, 0.3) is 5.91 Å². The summed E-state index contributed by atoms with van der Waals surface area (Å²) < 4.78 is 0. The number of carbonyl (C=O) groups is 3. The number of aliphatic hydroxyl groups is 3. The summed E-state index contributed by atoms with van der Waals surface area (Å²) in [6.45, 7) is 0.486. The van der Waals surface area contributed by atoms with Gasteiger partial charge in [0.05, 0.1) is 18.2 Å². The fourth-order valence-electron chi connectivity index (χ4n) is 5.65. The van der Waals surface area contributed by atoms with E-state index in [0.29, 0.717) is 17.7 Å². The van der Waals surface area contributed by atoms with Gasteiger partial charge in [-0.1, -0.05) is 11.8 Å². The number of hydrogen-bond donors (Lipinski definition) is 5. The minimum Gasteiger partial charge on any atom is -0.508 e. The molecule has 0 heterocycles. The van der Waals surface area contributed by atoms with Gasteiger partial charge in [-0.05, 0) is 64.6 Å². The highest BCUT2D eigenvalue weighted by Gasteiger charge is 2.64. The number of benzene rings is 1. The van der Waals surface area contributed by atoms with Crippen LogP contribution in [0.2, 0.25) is 0 Å². The molecule has 10 nitrogen and oxygen atoms in total. The van der Waals surface area contributed by atoms with Crippen LogP contribution in [0.25, 0.3) is 5.76 Å². The molecule has 10 heteroatoms. The summed E-state index contributed by atoms with van der Waals surface area (Å²) in [6, 6.07) is 1.88. The predicted octanol–water partition coefficient (Wildman–Crippen LogP) is -0.123. The van der Waals surface area contributed by atoms with Crippen LogP contribution in [0.5, 0.6) is 5.75 Å². The molecule has 1 saturated carbocycles. The van der Waals surface area contributed by atoms with Crippen molar-refractivity contribution in [3.8, 4) is 17.6 Å². The van der Waals surface area contributed by atoms with Gasteiger partial charge in [-0.15, -0.1) is 0 Å². The Labute approximate surface area is 208 Å². The van der Waals surface area contributed by atoms with Crippen molar-refractivity contribution >= 4 is 23.2 Å². The van der Waals surface area contributed by atoms with Gasteiger partial charge in [-0.2, -0.15) is 0 Å². The minimum atomic E-state index is -2.65. The first-order valence-corrected chi connectivity index (χ1v) is 11.5. The number of amides is 1. The van der Waals surface area contributed by atoms with Gasteiger partial charge in [0.2, 0.25) is 5.78 Å². The minimum absolute atomic E-state index is 0.0305. The molecular weight excluding hydrogens is 466 g/mol. The van der Waals surface area contributed by atoms with Crippen LogP contribution >= 0.6 is 0 Å². The zero-order chi connectivity index (χ0) is 26.7. The fraction of sp³-hybridized carbons (Fsp3) is 0.423. The van der Waals surface area contributed by atoms with E-state index in [1.165, 1.54) is 11.0 Å². The normalized spacial score (nSPS) is 27.5. The van der Waals surface area contributed by atoms with E-state index in [2.05, 4.69) is 11.8 Å². The molecule has 0 spiro atoms. The number of ketones is 2. The molecule has 190 valence electrons. The molecule has 3 aliphatic rings. The number of primary amides is 1. The number of rotatable bonds is 3. The maximum Gasteiger partial charge on any atom is 0.255 e. The number of nitrogens with zero attached hydrogens (tertiary/aromatic N) is 2. The third-order valence-corrected chi connectivity index (χ3v) is 7.22. The first-order valence-electron chi connectivity index (χ1n) is 11.5. The monoisotopic (exact) mass is 495 g/mol. The Morgan fingerprint density at radius 2 is 1.83 bits per heavy atom. The van der Waals surface area contributed by atoms with Crippen molar-refractivity contribution in [1.29, 1.82) is 0 Å². The molecular formula is C26H29N3O7. The lowest BCUT2D eigenvalue weighted by Gasteiger charge is -2.50. The average Bonchev–Trinajstić information content (AvgIpc) is 2.77. The Morgan fingerprint density at radius 3 is 2.42 bits per heavy atom. The number of phenolic OH excluding ortho intramolecular Hbond substituents is 1. The average molecular weight is 496 g/mol. The summed E-state index contributed by atoms with van der Waals surface area (Å²) in [5, 5.41) is 44.2. The molecule has 1 fully saturated rings. The van der Waals surface area contributed by atoms with Crippen LogP contribution in [-0.4, -0.2) is 94.1 Å². The van der Waals surface area contributed by atoms with E-state index in [1.807, 2.05) is 19.0 Å². The van der Waals surface area contributed by atoms with Crippen LogP contribution < -0.4 is 5.73 Å². The molecule has 0 unspecified atom stereocenters. The smallest absolute Gasteiger partial charge is 0.255 e. The number of nitrogens with two attached hydrogens (primary N) is 1. The molecule has 1 amide bonds. The van der Waals surface area contributed by atoms with Gasteiger partial charge >= 0.3 is 0 Å². The second kappa shape index (κ2) is 8.78. The van der Waals surface area contributed by atoms with Crippen LogP contribution in [0.1, 0.15) is 23.1 Å². The van der Waals surface area contributed by atoms with Crippen LogP contribution in [-0.2, 0) is 20.8 Å². The summed E-state index contributed by atoms with van der Waals surface area (Å²) in [6.07, 6.45) is 0.237. The van der Waals surface area contributed by atoms with Crippen molar-refractivity contribution in [2.75, 3.05) is 34.7 Å². The predicted molar refractivity (Wildman–Crippen MR) is 130 cm³/mol. The van der Waals surface area contributed by atoms with E-state index in [1.54, 1.807) is 20.2 Å². The molecule has 36 heavy (non-hydrogen) atoms. The van der Waals surface area contributed by atoms with Crippen molar-refractivity contribution < 1.29 is 34.8 Å². The van der Waals surface area contributed by atoms with Gasteiger partial charge in [0.1, 0.15) is 22.8 Å². The van der Waals surface area contributed by atoms with Crippen molar-refractivity contribution in [3.63, 3.8) is 0 Å². The number of hydrogen-bond acceptors (Lipinski definition) is 9. The van der Waals surface area contributed by atoms with Crippen LogP contribution in [0.15, 0.2) is 29.0 Å². The fourth-order valence-corrected chi connectivity index (χ4v) is 5.65. The SMILES string of the molecule is CN(C)CC#Cc1ccc(O)c2c1C[C@@H]1C[C@@H]3[C@@H](N(C)C)C(=O)C(C(N)=O)=C(O)[C@@]3(O)C(=O)C1=C2O. The Hall–Kier alpha value is -3.65. The second-order valence-electron chi connectivity index (χ2n) is 9.99. The number of aliphatic hydroxyl groups excluding tert-OH is 2. The van der Waals surface area contributed by atoms with Crippen molar-refractivity contribution in [1.82, 2.24) is 9.80 Å². The summed E-state index contributed by atoms with van der Waals surface area (Å²) >= 11 is 0. The third-order valence-electron chi connectivity index (χ3n) is 7.22. The summed E-state index contributed by atoms with van der Waals surface area (Å²) in [7, 11) is 6.86. The van der Waals surface area contributed by atoms with Crippen molar-refractivity contribution in [2.24, 2.45) is 17.6 Å². The molecule has 6 N–H and O–H groups in total.